The van der Waals surface area contributed by atoms with Crippen molar-refractivity contribution in [2.45, 2.75) is 6.92 Å². The molecule has 0 atom stereocenters. The van der Waals surface area contributed by atoms with Gasteiger partial charge in [-0.25, -0.2) is 9.07 Å². The van der Waals surface area contributed by atoms with Gasteiger partial charge in [-0.3, -0.25) is 4.79 Å². The molecule has 0 unspecified atom stereocenters. The fourth-order valence-corrected chi connectivity index (χ4v) is 2.51. The molecule has 1 N–H and O–H groups in total. The first kappa shape index (κ1) is 15.4. The number of rotatable bonds is 3. The second kappa shape index (κ2) is 6.34. The molecule has 23 heavy (non-hydrogen) atoms. The molecule has 0 fully saturated rings. The van der Waals surface area contributed by atoms with E-state index in [1.54, 1.807) is 48.3 Å². The number of carbonyl (C=O) groups excluding carboxylic acids is 1. The zero-order valence-electron chi connectivity index (χ0n) is 12.3. The van der Waals surface area contributed by atoms with Crippen LogP contribution in [0, 0.1) is 12.7 Å². The van der Waals surface area contributed by atoms with Gasteiger partial charge in [-0.05, 0) is 48.9 Å². The maximum Gasteiger partial charge on any atom is 0.255 e. The first-order chi connectivity index (χ1) is 11.0. The van der Waals surface area contributed by atoms with Crippen molar-refractivity contribution >= 4 is 27.5 Å². The second-order valence-electron chi connectivity index (χ2n) is 5.03. The molecule has 0 saturated carbocycles. The molecule has 0 spiro atoms. The predicted octanol–water partition coefficient (Wildman–Crippen LogP) is 4.33. The van der Waals surface area contributed by atoms with Gasteiger partial charge in [-0.2, -0.15) is 5.10 Å². The number of hydrogen-bond acceptors (Lipinski definition) is 2. The molecular weight excluding hydrogens is 361 g/mol. The average molecular weight is 374 g/mol. The van der Waals surface area contributed by atoms with Crippen LogP contribution in [0.15, 0.2) is 59.3 Å². The highest BCUT2D eigenvalue weighted by Gasteiger charge is 2.12. The third-order valence-corrected chi connectivity index (χ3v) is 3.89. The fourth-order valence-electron chi connectivity index (χ4n) is 2.15. The number of anilines is 1. The zero-order valence-corrected chi connectivity index (χ0v) is 13.8. The first-order valence-electron chi connectivity index (χ1n) is 6.91. The molecule has 3 rings (SSSR count). The van der Waals surface area contributed by atoms with E-state index < -0.39 is 5.82 Å². The summed E-state index contributed by atoms with van der Waals surface area (Å²) in [5.74, 6) is -0.783. The molecule has 2 aromatic carbocycles. The van der Waals surface area contributed by atoms with Crippen molar-refractivity contribution in [1.29, 1.82) is 0 Å². The van der Waals surface area contributed by atoms with Crippen LogP contribution in [0.25, 0.3) is 5.69 Å². The lowest BCUT2D eigenvalue weighted by molar-refractivity contribution is 0.102. The van der Waals surface area contributed by atoms with Gasteiger partial charge < -0.3 is 5.32 Å². The molecular formula is C17H13BrFN3O. The Morgan fingerprint density at radius 1 is 1.26 bits per heavy atom. The highest BCUT2D eigenvalue weighted by Crippen LogP contribution is 2.25. The number of amides is 1. The van der Waals surface area contributed by atoms with E-state index in [1.165, 1.54) is 6.07 Å². The summed E-state index contributed by atoms with van der Waals surface area (Å²) < 4.78 is 16.1. The van der Waals surface area contributed by atoms with Crippen molar-refractivity contribution in [3.8, 4) is 5.69 Å². The third kappa shape index (κ3) is 3.32. The van der Waals surface area contributed by atoms with Gasteiger partial charge in [0.05, 0.1) is 11.4 Å². The minimum absolute atomic E-state index is 0.263. The molecule has 3 aromatic rings. The third-order valence-electron chi connectivity index (χ3n) is 3.39. The van der Waals surface area contributed by atoms with Crippen LogP contribution in [0.2, 0.25) is 0 Å². The number of nitrogens with one attached hydrogen (secondary N) is 1. The van der Waals surface area contributed by atoms with Gasteiger partial charge in [0.15, 0.2) is 0 Å². The van der Waals surface area contributed by atoms with Crippen LogP contribution >= 0.6 is 15.9 Å². The lowest BCUT2D eigenvalue weighted by Gasteiger charge is -2.12. The quantitative estimate of drug-likeness (QED) is 0.742. The minimum atomic E-state index is -0.404. The van der Waals surface area contributed by atoms with E-state index in [2.05, 4.69) is 26.3 Å². The van der Waals surface area contributed by atoms with E-state index >= 15 is 0 Å². The number of carbonyl (C=O) groups is 1. The number of benzene rings is 2. The van der Waals surface area contributed by atoms with Gasteiger partial charge in [0.25, 0.3) is 5.91 Å². The standard InChI is InChI=1S/C17H13BrFN3O/c1-11-3-4-12(9-14(11)19)17(23)21-15-10-13(18)5-6-16(15)22-8-2-7-20-22/h2-10H,1H3,(H,21,23). The average Bonchev–Trinajstić information content (AvgIpc) is 3.04. The van der Waals surface area contributed by atoms with Crippen molar-refractivity contribution in [3.63, 3.8) is 0 Å². The van der Waals surface area contributed by atoms with Gasteiger partial charge in [-0.15, -0.1) is 0 Å². The number of halogens is 2. The lowest BCUT2D eigenvalue weighted by atomic mass is 10.1. The monoisotopic (exact) mass is 373 g/mol. The molecule has 0 saturated heterocycles. The van der Waals surface area contributed by atoms with Gasteiger partial charge >= 0.3 is 0 Å². The number of nitrogens with zero attached hydrogens (tertiary/aromatic N) is 2. The van der Waals surface area contributed by atoms with Crippen LogP contribution in [0.1, 0.15) is 15.9 Å². The Hall–Kier alpha value is -2.47. The Kier molecular flexibility index (Phi) is 4.25. The van der Waals surface area contributed by atoms with Crippen LogP contribution < -0.4 is 5.32 Å². The van der Waals surface area contributed by atoms with Gasteiger partial charge in [-0.1, -0.05) is 22.0 Å². The summed E-state index contributed by atoms with van der Waals surface area (Å²) in [6.07, 6.45) is 3.44. The van der Waals surface area contributed by atoms with Crippen molar-refractivity contribution in [2.24, 2.45) is 0 Å². The normalized spacial score (nSPS) is 10.6. The van der Waals surface area contributed by atoms with E-state index in [4.69, 9.17) is 0 Å². The van der Waals surface area contributed by atoms with Crippen LogP contribution in [-0.4, -0.2) is 15.7 Å². The summed E-state index contributed by atoms with van der Waals surface area (Å²) in [4.78, 5) is 12.4. The Balaban J connectivity index is 1.94. The minimum Gasteiger partial charge on any atom is -0.320 e. The highest BCUT2D eigenvalue weighted by molar-refractivity contribution is 9.10. The molecule has 0 radical (unpaired) electrons. The number of aromatic nitrogens is 2. The van der Waals surface area contributed by atoms with Crippen molar-refractivity contribution in [1.82, 2.24) is 9.78 Å². The van der Waals surface area contributed by atoms with Crippen molar-refractivity contribution in [2.75, 3.05) is 5.32 Å². The van der Waals surface area contributed by atoms with Crippen molar-refractivity contribution in [3.05, 3.63) is 76.3 Å². The Labute approximate surface area is 141 Å². The maximum atomic E-state index is 13.6. The molecule has 116 valence electrons. The van der Waals surface area contributed by atoms with Crippen LogP contribution in [0.5, 0.6) is 0 Å². The van der Waals surface area contributed by atoms with Crippen LogP contribution in [0.4, 0.5) is 10.1 Å². The van der Waals surface area contributed by atoms with Gasteiger partial charge in [0.1, 0.15) is 5.82 Å². The van der Waals surface area contributed by atoms with E-state index in [1.807, 2.05) is 12.1 Å². The van der Waals surface area contributed by atoms with Crippen molar-refractivity contribution < 1.29 is 9.18 Å². The summed E-state index contributed by atoms with van der Waals surface area (Å²) >= 11 is 3.39. The Morgan fingerprint density at radius 2 is 2.09 bits per heavy atom. The van der Waals surface area contributed by atoms with E-state index in [9.17, 15) is 9.18 Å². The summed E-state index contributed by atoms with van der Waals surface area (Å²) in [7, 11) is 0. The first-order valence-corrected chi connectivity index (χ1v) is 7.71. The molecule has 1 heterocycles. The van der Waals surface area contributed by atoms with E-state index in [-0.39, 0.29) is 11.5 Å². The smallest absolute Gasteiger partial charge is 0.255 e. The molecule has 4 nitrogen and oxygen atoms in total. The molecule has 1 amide bonds. The van der Waals surface area contributed by atoms with Crippen LogP contribution in [0.3, 0.4) is 0 Å². The highest BCUT2D eigenvalue weighted by atomic mass is 79.9. The molecule has 0 bridgehead atoms. The molecule has 0 aliphatic rings. The fraction of sp³-hybridized carbons (Fsp3) is 0.0588. The van der Waals surface area contributed by atoms with E-state index in [0.717, 1.165) is 10.2 Å². The van der Waals surface area contributed by atoms with Gasteiger partial charge in [0, 0.05) is 22.4 Å². The summed E-state index contributed by atoms with van der Waals surface area (Å²) in [6, 6.07) is 11.7. The number of aryl methyl sites for hydroxylation is 1. The topological polar surface area (TPSA) is 46.9 Å². The maximum absolute atomic E-state index is 13.6. The summed E-state index contributed by atoms with van der Waals surface area (Å²) in [5.41, 5.74) is 2.06. The summed E-state index contributed by atoms with van der Waals surface area (Å²) in [6.45, 7) is 1.65. The molecule has 0 aliphatic carbocycles. The van der Waals surface area contributed by atoms with Gasteiger partial charge in [0.2, 0.25) is 0 Å². The SMILES string of the molecule is Cc1ccc(C(=O)Nc2cc(Br)ccc2-n2cccn2)cc1F. The molecule has 1 aromatic heterocycles. The molecule has 0 aliphatic heterocycles. The Bertz CT molecular complexity index is 862. The summed E-state index contributed by atoms with van der Waals surface area (Å²) in [5, 5.41) is 6.98. The Morgan fingerprint density at radius 3 is 2.78 bits per heavy atom. The largest absolute Gasteiger partial charge is 0.320 e. The molecule has 6 heteroatoms. The zero-order chi connectivity index (χ0) is 16.4. The lowest BCUT2D eigenvalue weighted by Crippen LogP contribution is -2.14. The predicted molar refractivity (Wildman–Crippen MR) is 90.4 cm³/mol. The van der Waals surface area contributed by atoms with Crippen LogP contribution in [-0.2, 0) is 0 Å². The van der Waals surface area contributed by atoms with E-state index in [0.29, 0.717) is 11.3 Å². The second-order valence-corrected chi connectivity index (χ2v) is 5.95. The number of hydrogen-bond donors (Lipinski definition) is 1.